The minimum Gasteiger partial charge on any atom is -0.492 e. The van der Waals surface area contributed by atoms with E-state index in [4.69, 9.17) is 9.47 Å². The molecular formula is C16H23NO3. The number of hydrogen-bond donors (Lipinski definition) is 1. The third-order valence-electron chi connectivity index (χ3n) is 3.58. The van der Waals surface area contributed by atoms with Crippen molar-refractivity contribution in [1.29, 1.82) is 0 Å². The summed E-state index contributed by atoms with van der Waals surface area (Å²) in [6, 6.07) is 7.55. The molecule has 1 aliphatic rings. The zero-order chi connectivity index (χ0) is 14.2. The predicted octanol–water partition coefficient (Wildman–Crippen LogP) is 3.23. The summed E-state index contributed by atoms with van der Waals surface area (Å²) in [6.45, 7) is 4.19. The molecule has 0 unspecified atom stereocenters. The molecule has 0 bridgehead atoms. The number of benzene rings is 1. The summed E-state index contributed by atoms with van der Waals surface area (Å²) < 4.78 is 10.8. The van der Waals surface area contributed by atoms with Crippen LogP contribution in [0.3, 0.4) is 0 Å². The molecule has 110 valence electrons. The summed E-state index contributed by atoms with van der Waals surface area (Å²) in [5, 5.41) is 2.94. The van der Waals surface area contributed by atoms with E-state index < -0.39 is 0 Å². The Morgan fingerprint density at radius 2 is 2.10 bits per heavy atom. The average Bonchev–Trinajstić information content (AvgIpc) is 2.49. The summed E-state index contributed by atoms with van der Waals surface area (Å²) in [5.41, 5.74) is 0.756. The van der Waals surface area contributed by atoms with Gasteiger partial charge in [0.1, 0.15) is 5.75 Å². The highest BCUT2D eigenvalue weighted by Crippen LogP contribution is 2.25. The fraction of sp³-hybridized carbons (Fsp3) is 0.562. The summed E-state index contributed by atoms with van der Waals surface area (Å²) in [7, 11) is 0. The standard InChI is InChI=1S/C16H23NO3/c1-2-20-15-6-4-3-5-14(15)17-16(18)8-7-13-9-11-19-12-10-13/h3-6,13H,2,7-12H2,1H3,(H,17,18). The van der Waals surface area contributed by atoms with Crippen molar-refractivity contribution in [1.82, 2.24) is 0 Å². The Kier molecular flexibility index (Phi) is 5.87. The summed E-state index contributed by atoms with van der Waals surface area (Å²) in [6.07, 6.45) is 3.64. The smallest absolute Gasteiger partial charge is 0.224 e. The molecule has 1 N–H and O–H groups in total. The van der Waals surface area contributed by atoms with Crippen molar-refractivity contribution in [3.8, 4) is 5.75 Å². The SMILES string of the molecule is CCOc1ccccc1NC(=O)CCC1CCOCC1. The van der Waals surface area contributed by atoms with Crippen molar-refractivity contribution in [3.05, 3.63) is 24.3 Å². The van der Waals surface area contributed by atoms with Gasteiger partial charge in [-0.1, -0.05) is 12.1 Å². The molecule has 1 aliphatic heterocycles. The number of para-hydroxylation sites is 2. The fourth-order valence-electron chi connectivity index (χ4n) is 2.43. The fourth-order valence-corrected chi connectivity index (χ4v) is 2.43. The zero-order valence-electron chi connectivity index (χ0n) is 12.1. The molecular weight excluding hydrogens is 254 g/mol. The number of carbonyl (C=O) groups excluding carboxylic acids is 1. The summed E-state index contributed by atoms with van der Waals surface area (Å²) in [4.78, 5) is 12.0. The lowest BCUT2D eigenvalue weighted by molar-refractivity contribution is -0.116. The lowest BCUT2D eigenvalue weighted by Crippen LogP contribution is -2.19. The number of anilines is 1. The predicted molar refractivity (Wildman–Crippen MR) is 79.0 cm³/mol. The second kappa shape index (κ2) is 7.90. The molecule has 0 saturated carbocycles. The van der Waals surface area contributed by atoms with Crippen LogP contribution in [0.2, 0.25) is 0 Å². The lowest BCUT2D eigenvalue weighted by atomic mass is 9.95. The van der Waals surface area contributed by atoms with Crippen molar-refractivity contribution >= 4 is 11.6 Å². The highest BCUT2D eigenvalue weighted by molar-refractivity contribution is 5.92. The number of nitrogens with one attached hydrogen (secondary N) is 1. The average molecular weight is 277 g/mol. The first-order valence-corrected chi connectivity index (χ1v) is 7.39. The Morgan fingerprint density at radius 3 is 2.85 bits per heavy atom. The topological polar surface area (TPSA) is 47.6 Å². The van der Waals surface area contributed by atoms with Crippen LogP contribution in [0.5, 0.6) is 5.75 Å². The minimum absolute atomic E-state index is 0.0589. The summed E-state index contributed by atoms with van der Waals surface area (Å²) >= 11 is 0. The first kappa shape index (κ1) is 14.9. The maximum atomic E-state index is 12.0. The minimum atomic E-state index is 0.0589. The first-order valence-electron chi connectivity index (χ1n) is 7.39. The molecule has 0 aliphatic carbocycles. The molecule has 1 heterocycles. The second-order valence-corrected chi connectivity index (χ2v) is 5.07. The Morgan fingerprint density at radius 1 is 1.35 bits per heavy atom. The van der Waals surface area contributed by atoms with E-state index in [-0.39, 0.29) is 5.91 Å². The first-order chi connectivity index (χ1) is 9.79. The van der Waals surface area contributed by atoms with Gasteiger partial charge in [-0.15, -0.1) is 0 Å². The zero-order valence-corrected chi connectivity index (χ0v) is 12.1. The molecule has 1 amide bonds. The van der Waals surface area contributed by atoms with Crippen molar-refractivity contribution < 1.29 is 14.3 Å². The van der Waals surface area contributed by atoms with Crippen molar-refractivity contribution in [3.63, 3.8) is 0 Å². The van der Waals surface area contributed by atoms with Crippen LogP contribution in [0.4, 0.5) is 5.69 Å². The van der Waals surface area contributed by atoms with Gasteiger partial charge in [-0.3, -0.25) is 4.79 Å². The van der Waals surface area contributed by atoms with Crippen LogP contribution in [-0.2, 0) is 9.53 Å². The molecule has 0 atom stereocenters. The summed E-state index contributed by atoms with van der Waals surface area (Å²) in [5.74, 6) is 1.41. The molecule has 4 nitrogen and oxygen atoms in total. The number of amides is 1. The third kappa shape index (κ3) is 4.53. The molecule has 1 fully saturated rings. The van der Waals surface area contributed by atoms with Crippen LogP contribution in [0.1, 0.15) is 32.6 Å². The van der Waals surface area contributed by atoms with Gasteiger partial charge in [0, 0.05) is 19.6 Å². The number of ether oxygens (including phenoxy) is 2. The van der Waals surface area contributed by atoms with Crippen molar-refractivity contribution in [2.45, 2.75) is 32.6 Å². The van der Waals surface area contributed by atoms with Gasteiger partial charge >= 0.3 is 0 Å². The maximum Gasteiger partial charge on any atom is 0.224 e. The lowest BCUT2D eigenvalue weighted by Gasteiger charge is -2.21. The molecule has 4 heteroatoms. The van der Waals surface area contributed by atoms with Gasteiger partial charge < -0.3 is 14.8 Å². The van der Waals surface area contributed by atoms with Crippen LogP contribution in [-0.4, -0.2) is 25.7 Å². The van der Waals surface area contributed by atoms with Gasteiger partial charge in [-0.2, -0.15) is 0 Å². The van der Waals surface area contributed by atoms with Gasteiger partial charge in [-0.25, -0.2) is 0 Å². The van der Waals surface area contributed by atoms with Gasteiger partial charge in [-0.05, 0) is 44.2 Å². The van der Waals surface area contributed by atoms with E-state index in [1.807, 2.05) is 31.2 Å². The largest absolute Gasteiger partial charge is 0.492 e. The van der Waals surface area contributed by atoms with Crippen LogP contribution in [0.15, 0.2) is 24.3 Å². The van der Waals surface area contributed by atoms with Gasteiger partial charge in [0.15, 0.2) is 0 Å². The van der Waals surface area contributed by atoms with Crippen LogP contribution in [0, 0.1) is 5.92 Å². The number of carbonyl (C=O) groups is 1. The number of rotatable bonds is 6. The molecule has 2 rings (SSSR count). The van der Waals surface area contributed by atoms with E-state index in [9.17, 15) is 4.79 Å². The molecule has 1 aromatic carbocycles. The van der Waals surface area contributed by atoms with Gasteiger partial charge in [0.25, 0.3) is 0 Å². The second-order valence-electron chi connectivity index (χ2n) is 5.07. The van der Waals surface area contributed by atoms with Crippen LogP contribution >= 0.6 is 0 Å². The Balaban J connectivity index is 1.81. The Labute approximate surface area is 120 Å². The molecule has 0 aromatic heterocycles. The molecule has 1 aromatic rings. The van der Waals surface area contributed by atoms with Crippen molar-refractivity contribution in [2.24, 2.45) is 5.92 Å². The highest BCUT2D eigenvalue weighted by Gasteiger charge is 2.15. The van der Waals surface area contributed by atoms with Gasteiger partial charge in [0.05, 0.1) is 12.3 Å². The van der Waals surface area contributed by atoms with E-state index in [2.05, 4.69) is 5.32 Å². The molecule has 1 saturated heterocycles. The Hall–Kier alpha value is -1.55. The normalized spacial score (nSPS) is 15.8. The molecule has 0 radical (unpaired) electrons. The number of hydrogen-bond acceptors (Lipinski definition) is 3. The Bertz CT molecular complexity index is 427. The van der Waals surface area contributed by atoms with Crippen molar-refractivity contribution in [2.75, 3.05) is 25.1 Å². The van der Waals surface area contributed by atoms with Crippen LogP contribution < -0.4 is 10.1 Å². The molecule has 0 spiro atoms. The van der Waals surface area contributed by atoms with E-state index in [0.717, 1.165) is 43.9 Å². The molecule has 20 heavy (non-hydrogen) atoms. The quantitative estimate of drug-likeness (QED) is 0.868. The van der Waals surface area contributed by atoms with Gasteiger partial charge in [0.2, 0.25) is 5.91 Å². The van der Waals surface area contributed by atoms with Crippen LogP contribution in [0.25, 0.3) is 0 Å². The third-order valence-corrected chi connectivity index (χ3v) is 3.58. The highest BCUT2D eigenvalue weighted by atomic mass is 16.5. The van der Waals surface area contributed by atoms with E-state index >= 15 is 0 Å². The van der Waals surface area contributed by atoms with E-state index in [0.29, 0.717) is 18.9 Å². The van der Waals surface area contributed by atoms with E-state index in [1.165, 1.54) is 0 Å². The monoisotopic (exact) mass is 277 g/mol. The maximum absolute atomic E-state index is 12.0. The van der Waals surface area contributed by atoms with E-state index in [1.54, 1.807) is 0 Å².